The molecule has 0 radical (unpaired) electrons. The summed E-state index contributed by atoms with van der Waals surface area (Å²) in [5.41, 5.74) is 0. The molecule has 2 amide bonds. The van der Waals surface area contributed by atoms with E-state index in [4.69, 9.17) is 0 Å². The zero-order chi connectivity index (χ0) is 11.4. The lowest BCUT2D eigenvalue weighted by atomic mass is 10.2. The number of H-pyrrole nitrogens is 1. The third-order valence-electron chi connectivity index (χ3n) is 2.22. The SMILES string of the molecule is O=C1CNC(C(=O)NCc2ncn[nH]2)CN1. The Morgan fingerprint density at radius 2 is 2.50 bits per heavy atom. The minimum absolute atomic E-state index is 0.0979. The molecular formula is C8H12N6O2. The van der Waals surface area contributed by atoms with E-state index in [9.17, 15) is 9.59 Å². The Kier molecular flexibility index (Phi) is 3.10. The van der Waals surface area contributed by atoms with Crippen molar-refractivity contribution >= 4 is 11.8 Å². The fourth-order valence-corrected chi connectivity index (χ4v) is 1.36. The molecule has 16 heavy (non-hydrogen) atoms. The maximum Gasteiger partial charge on any atom is 0.239 e. The summed E-state index contributed by atoms with van der Waals surface area (Å²) in [6.07, 6.45) is 1.38. The van der Waals surface area contributed by atoms with Crippen LogP contribution in [0.3, 0.4) is 0 Å². The van der Waals surface area contributed by atoms with Gasteiger partial charge >= 0.3 is 0 Å². The first kappa shape index (κ1) is 10.6. The van der Waals surface area contributed by atoms with E-state index in [1.165, 1.54) is 6.33 Å². The summed E-state index contributed by atoms with van der Waals surface area (Å²) in [4.78, 5) is 26.3. The van der Waals surface area contributed by atoms with E-state index in [-0.39, 0.29) is 24.4 Å². The first-order chi connectivity index (χ1) is 7.75. The fraction of sp³-hybridized carbons (Fsp3) is 0.500. The second-order valence-corrected chi connectivity index (χ2v) is 3.39. The van der Waals surface area contributed by atoms with E-state index in [1.807, 2.05) is 0 Å². The summed E-state index contributed by atoms with van der Waals surface area (Å²) < 4.78 is 0. The smallest absolute Gasteiger partial charge is 0.239 e. The number of hydrogen-bond donors (Lipinski definition) is 4. The maximum absolute atomic E-state index is 11.6. The van der Waals surface area contributed by atoms with Crippen molar-refractivity contribution in [2.75, 3.05) is 13.1 Å². The van der Waals surface area contributed by atoms with Crippen LogP contribution < -0.4 is 16.0 Å². The largest absolute Gasteiger partial charge is 0.353 e. The molecule has 0 saturated carbocycles. The predicted molar refractivity (Wildman–Crippen MR) is 53.0 cm³/mol. The van der Waals surface area contributed by atoms with Gasteiger partial charge in [-0.1, -0.05) is 0 Å². The van der Waals surface area contributed by atoms with E-state index >= 15 is 0 Å². The molecule has 0 spiro atoms. The van der Waals surface area contributed by atoms with Gasteiger partial charge in [0.25, 0.3) is 0 Å². The van der Waals surface area contributed by atoms with Gasteiger partial charge in [0.2, 0.25) is 11.8 Å². The molecule has 0 bridgehead atoms. The summed E-state index contributed by atoms with van der Waals surface area (Å²) in [5, 5.41) is 14.4. The molecule has 1 saturated heterocycles. The van der Waals surface area contributed by atoms with Gasteiger partial charge in [-0.2, -0.15) is 5.10 Å². The van der Waals surface area contributed by atoms with Crippen LogP contribution in [0.5, 0.6) is 0 Å². The molecule has 1 unspecified atom stereocenters. The van der Waals surface area contributed by atoms with Crippen LogP contribution in [0.2, 0.25) is 0 Å². The molecule has 1 aromatic heterocycles. The Morgan fingerprint density at radius 1 is 1.62 bits per heavy atom. The van der Waals surface area contributed by atoms with E-state index in [0.29, 0.717) is 18.9 Å². The highest BCUT2D eigenvalue weighted by atomic mass is 16.2. The molecule has 8 nitrogen and oxygen atoms in total. The third-order valence-corrected chi connectivity index (χ3v) is 2.22. The van der Waals surface area contributed by atoms with Crippen molar-refractivity contribution in [1.29, 1.82) is 0 Å². The number of aromatic amines is 1. The van der Waals surface area contributed by atoms with Gasteiger partial charge in [0.05, 0.1) is 13.1 Å². The highest BCUT2D eigenvalue weighted by Crippen LogP contribution is 1.90. The van der Waals surface area contributed by atoms with Crippen LogP contribution in [-0.4, -0.2) is 46.1 Å². The van der Waals surface area contributed by atoms with Crippen molar-refractivity contribution in [3.8, 4) is 0 Å². The molecule has 1 atom stereocenters. The van der Waals surface area contributed by atoms with Gasteiger partial charge in [0.1, 0.15) is 18.2 Å². The fourth-order valence-electron chi connectivity index (χ4n) is 1.36. The monoisotopic (exact) mass is 224 g/mol. The molecule has 1 aromatic rings. The Labute approximate surface area is 91.2 Å². The number of nitrogens with one attached hydrogen (secondary N) is 4. The van der Waals surface area contributed by atoms with Crippen molar-refractivity contribution in [1.82, 2.24) is 31.1 Å². The number of piperazine rings is 1. The molecule has 1 fully saturated rings. The summed E-state index contributed by atoms with van der Waals surface area (Å²) in [7, 11) is 0. The molecule has 1 aliphatic heterocycles. The van der Waals surface area contributed by atoms with Crippen LogP contribution in [0.15, 0.2) is 6.33 Å². The average Bonchev–Trinajstić information content (AvgIpc) is 2.80. The first-order valence-electron chi connectivity index (χ1n) is 4.88. The highest BCUT2D eigenvalue weighted by molar-refractivity contribution is 5.86. The van der Waals surface area contributed by atoms with Crippen LogP contribution in [0.4, 0.5) is 0 Å². The van der Waals surface area contributed by atoms with Gasteiger partial charge in [-0.3, -0.25) is 20.0 Å². The number of nitrogens with zero attached hydrogens (tertiary/aromatic N) is 2. The normalized spacial score (nSPS) is 20.2. The van der Waals surface area contributed by atoms with Crippen LogP contribution in [0.25, 0.3) is 0 Å². The van der Waals surface area contributed by atoms with Crippen LogP contribution in [0, 0.1) is 0 Å². The van der Waals surface area contributed by atoms with Crippen molar-refractivity contribution in [2.45, 2.75) is 12.6 Å². The Balaban J connectivity index is 1.77. The minimum Gasteiger partial charge on any atom is -0.353 e. The average molecular weight is 224 g/mol. The van der Waals surface area contributed by atoms with Crippen LogP contribution in [-0.2, 0) is 16.1 Å². The zero-order valence-electron chi connectivity index (χ0n) is 8.49. The molecule has 2 heterocycles. The molecule has 8 heteroatoms. The molecule has 0 aromatic carbocycles. The summed E-state index contributed by atoms with van der Waals surface area (Å²) in [6.45, 7) is 0.770. The van der Waals surface area contributed by atoms with Crippen LogP contribution in [0.1, 0.15) is 5.82 Å². The van der Waals surface area contributed by atoms with Gasteiger partial charge in [-0.15, -0.1) is 0 Å². The number of rotatable bonds is 3. The quantitative estimate of drug-likeness (QED) is 0.454. The van der Waals surface area contributed by atoms with Crippen molar-refractivity contribution in [3.63, 3.8) is 0 Å². The topological polar surface area (TPSA) is 112 Å². The van der Waals surface area contributed by atoms with Crippen molar-refractivity contribution in [3.05, 3.63) is 12.2 Å². The first-order valence-corrected chi connectivity index (χ1v) is 4.88. The molecule has 86 valence electrons. The van der Waals surface area contributed by atoms with Gasteiger partial charge in [0, 0.05) is 6.54 Å². The Morgan fingerprint density at radius 3 is 3.12 bits per heavy atom. The van der Waals surface area contributed by atoms with Crippen molar-refractivity contribution in [2.24, 2.45) is 0 Å². The van der Waals surface area contributed by atoms with Gasteiger partial charge in [0.15, 0.2) is 0 Å². The van der Waals surface area contributed by atoms with E-state index in [0.717, 1.165) is 0 Å². The molecule has 2 rings (SSSR count). The Hall–Kier alpha value is -1.96. The lowest BCUT2D eigenvalue weighted by molar-refractivity contribution is -0.126. The van der Waals surface area contributed by atoms with Crippen LogP contribution >= 0.6 is 0 Å². The number of carbonyl (C=O) groups excluding carboxylic acids is 2. The van der Waals surface area contributed by atoms with E-state index < -0.39 is 0 Å². The summed E-state index contributed by atoms with van der Waals surface area (Å²) in [6, 6.07) is -0.388. The van der Waals surface area contributed by atoms with Crippen molar-refractivity contribution < 1.29 is 9.59 Å². The van der Waals surface area contributed by atoms with Gasteiger partial charge in [-0.05, 0) is 0 Å². The zero-order valence-corrected chi connectivity index (χ0v) is 8.49. The minimum atomic E-state index is -0.388. The number of amides is 2. The predicted octanol–water partition coefficient (Wildman–Crippen LogP) is -2.49. The second kappa shape index (κ2) is 4.71. The lowest BCUT2D eigenvalue weighted by Crippen LogP contribution is -2.57. The second-order valence-electron chi connectivity index (χ2n) is 3.39. The standard InChI is InChI=1S/C8H12N6O2/c15-7-3-9-5(1-10-7)8(16)11-2-6-12-4-13-14-6/h4-5,9H,1-3H2,(H,10,15)(H,11,16)(H,12,13,14). The number of carbonyl (C=O) groups is 2. The van der Waals surface area contributed by atoms with Gasteiger partial charge in [-0.25, -0.2) is 4.98 Å². The van der Waals surface area contributed by atoms with Gasteiger partial charge < -0.3 is 10.6 Å². The number of hydrogen-bond acceptors (Lipinski definition) is 5. The summed E-state index contributed by atoms with van der Waals surface area (Å²) in [5.74, 6) is 0.323. The molecule has 0 aliphatic carbocycles. The number of aromatic nitrogens is 3. The van der Waals surface area contributed by atoms with E-state index in [2.05, 4.69) is 31.1 Å². The van der Waals surface area contributed by atoms with E-state index in [1.54, 1.807) is 0 Å². The maximum atomic E-state index is 11.6. The molecule has 4 N–H and O–H groups in total. The lowest BCUT2D eigenvalue weighted by Gasteiger charge is -2.22. The molecular weight excluding hydrogens is 212 g/mol. The highest BCUT2D eigenvalue weighted by Gasteiger charge is 2.23. The third kappa shape index (κ3) is 2.54. The molecule has 1 aliphatic rings. The Bertz CT molecular complexity index is 366. The summed E-state index contributed by atoms with van der Waals surface area (Å²) >= 11 is 0.